The molecule has 1 aliphatic heterocycles. The van der Waals surface area contributed by atoms with Gasteiger partial charge in [0, 0.05) is 50.0 Å². The Labute approximate surface area is 177 Å². The highest BCUT2D eigenvalue weighted by molar-refractivity contribution is 7.89. The molecule has 0 aromatic heterocycles. The molecular weight excluding hydrogens is 404 g/mol. The van der Waals surface area contributed by atoms with Gasteiger partial charge in [-0.1, -0.05) is 18.2 Å². The Morgan fingerprint density at radius 1 is 1.07 bits per heavy atom. The molecule has 0 atom stereocenters. The Bertz CT molecular complexity index is 1000. The van der Waals surface area contributed by atoms with E-state index >= 15 is 0 Å². The maximum absolute atomic E-state index is 12.6. The quantitative estimate of drug-likeness (QED) is 0.391. The van der Waals surface area contributed by atoms with Crippen LogP contribution in [0.3, 0.4) is 0 Å². The summed E-state index contributed by atoms with van der Waals surface area (Å²) in [4.78, 5) is 15.1. The van der Waals surface area contributed by atoms with Gasteiger partial charge in [-0.05, 0) is 50.6 Å². The summed E-state index contributed by atoms with van der Waals surface area (Å²) in [6.45, 7) is 8.41. The lowest BCUT2D eigenvalue weighted by atomic mass is 10.2. The summed E-state index contributed by atoms with van der Waals surface area (Å²) < 4.78 is 27.7. The fourth-order valence-electron chi connectivity index (χ4n) is 3.73. The van der Waals surface area contributed by atoms with Gasteiger partial charge in [0.25, 0.3) is 5.69 Å². The summed E-state index contributed by atoms with van der Waals surface area (Å²) in [5, 5.41) is 11.0. The number of sulfonamides is 1. The summed E-state index contributed by atoms with van der Waals surface area (Å²) >= 11 is 0. The molecule has 162 valence electrons. The van der Waals surface area contributed by atoms with E-state index in [-0.39, 0.29) is 16.1 Å². The lowest BCUT2D eigenvalue weighted by Gasteiger charge is -2.36. The first kappa shape index (κ1) is 22.2. The van der Waals surface area contributed by atoms with E-state index in [1.165, 1.54) is 36.4 Å². The molecule has 9 heteroatoms. The van der Waals surface area contributed by atoms with Gasteiger partial charge in [0.05, 0.1) is 9.82 Å². The molecule has 2 aromatic carbocycles. The number of nitro groups is 1. The zero-order valence-corrected chi connectivity index (χ0v) is 18.2. The van der Waals surface area contributed by atoms with Crippen molar-refractivity contribution >= 4 is 21.4 Å². The lowest BCUT2D eigenvalue weighted by Crippen LogP contribution is -2.47. The normalized spacial score (nSPS) is 15.3. The number of nitrogens with one attached hydrogen (secondary N) is 1. The van der Waals surface area contributed by atoms with Gasteiger partial charge in [-0.2, -0.15) is 0 Å². The molecule has 1 fully saturated rings. The average Bonchev–Trinajstić information content (AvgIpc) is 2.71. The number of anilines is 1. The fourth-order valence-corrected chi connectivity index (χ4v) is 5.07. The van der Waals surface area contributed by atoms with Crippen molar-refractivity contribution in [2.45, 2.75) is 25.2 Å². The van der Waals surface area contributed by atoms with E-state index in [4.69, 9.17) is 0 Å². The summed E-state index contributed by atoms with van der Waals surface area (Å²) in [5.41, 5.74) is 2.46. The standard InChI is InChI=1S/C21H28N4O4S/c1-17-6-3-7-19(16-17)24-14-12-23(13-15-24)11-5-10-22-30(28,29)21-9-4-8-20(18(21)2)25(26)27/h3-4,6-9,16,22H,5,10-15H2,1-2H3. The first-order chi connectivity index (χ1) is 14.3. The zero-order chi connectivity index (χ0) is 21.7. The first-order valence-corrected chi connectivity index (χ1v) is 11.5. The van der Waals surface area contributed by atoms with Crippen molar-refractivity contribution in [3.63, 3.8) is 0 Å². The third kappa shape index (κ3) is 5.35. The number of nitro benzene ring substituents is 1. The van der Waals surface area contributed by atoms with Crippen LogP contribution in [0.4, 0.5) is 11.4 Å². The van der Waals surface area contributed by atoms with Gasteiger partial charge >= 0.3 is 0 Å². The van der Waals surface area contributed by atoms with E-state index in [1.54, 1.807) is 0 Å². The van der Waals surface area contributed by atoms with E-state index in [1.807, 2.05) is 0 Å². The second-order valence-electron chi connectivity index (χ2n) is 7.58. The summed E-state index contributed by atoms with van der Waals surface area (Å²) in [6, 6.07) is 12.6. The highest BCUT2D eigenvalue weighted by atomic mass is 32.2. The molecular formula is C21H28N4O4S. The molecule has 1 saturated heterocycles. The van der Waals surface area contributed by atoms with Crippen LogP contribution in [0.5, 0.6) is 0 Å². The molecule has 1 aliphatic rings. The number of aryl methyl sites for hydroxylation is 1. The number of hydrogen-bond donors (Lipinski definition) is 1. The largest absolute Gasteiger partial charge is 0.369 e. The van der Waals surface area contributed by atoms with E-state index in [2.05, 4.69) is 45.7 Å². The zero-order valence-electron chi connectivity index (χ0n) is 17.4. The van der Waals surface area contributed by atoms with Crippen LogP contribution in [-0.4, -0.2) is 57.5 Å². The van der Waals surface area contributed by atoms with Crippen molar-refractivity contribution in [1.82, 2.24) is 9.62 Å². The Morgan fingerprint density at radius 2 is 1.77 bits per heavy atom. The third-order valence-electron chi connectivity index (χ3n) is 5.42. The van der Waals surface area contributed by atoms with Crippen LogP contribution in [0.15, 0.2) is 47.4 Å². The molecule has 0 amide bonds. The van der Waals surface area contributed by atoms with Gasteiger partial charge in [-0.25, -0.2) is 13.1 Å². The van der Waals surface area contributed by atoms with E-state index in [0.29, 0.717) is 13.0 Å². The predicted molar refractivity (Wildman–Crippen MR) is 117 cm³/mol. The van der Waals surface area contributed by atoms with Gasteiger partial charge in [0.1, 0.15) is 0 Å². The molecule has 8 nitrogen and oxygen atoms in total. The molecule has 2 aromatic rings. The van der Waals surface area contributed by atoms with Gasteiger partial charge in [-0.3, -0.25) is 15.0 Å². The molecule has 3 rings (SSSR count). The van der Waals surface area contributed by atoms with Crippen LogP contribution in [0.2, 0.25) is 0 Å². The maximum Gasteiger partial charge on any atom is 0.273 e. The second kappa shape index (κ2) is 9.55. The van der Waals surface area contributed by atoms with Gasteiger partial charge < -0.3 is 4.90 Å². The average molecular weight is 433 g/mol. The molecule has 30 heavy (non-hydrogen) atoms. The number of hydrogen-bond acceptors (Lipinski definition) is 6. The molecule has 1 heterocycles. The van der Waals surface area contributed by atoms with Crippen molar-refractivity contribution in [3.8, 4) is 0 Å². The first-order valence-electron chi connectivity index (χ1n) is 10.1. The second-order valence-corrected chi connectivity index (χ2v) is 9.31. The Kier molecular flexibility index (Phi) is 7.06. The minimum absolute atomic E-state index is 0.0385. The fraction of sp³-hybridized carbons (Fsp3) is 0.429. The van der Waals surface area contributed by atoms with Crippen molar-refractivity contribution < 1.29 is 13.3 Å². The molecule has 0 unspecified atom stereocenters. The SMILES string of the molecule is Cc1cccc(N2CCN(CCCNS(=O)(=O)c3cccc([N+](=O)[O-])c3C)CC2)c1. The molecule has 0 aliphatic carbocycles. The smallest absolute Gasteiger partial charge is 0.273 e. The molecule has 0 saturated carbocycles. The van der Waals surface area contributed by atoms with Gasteiger partial charge in [0.15, 0.2) is 0 Å². The molecule has 0 spiro atoms. The highest BCUT2D eigenvalue weighted by Gasteiger charge is 2.23. The number of rotatable bonds is 8. The summed E-state index contributed by atoms with van der Waals surface area (Å²) in [5.74, 6) is 0. The van der Waals surface area contributed by atoms with Crippen molar-refractivity contribution in [2.24, 2.45) is 0 Å². The van der Waals surface area contributed by atoms with Crippen molar-refractivity contribution in [2.75, 3.05) is 44.2 Å². The molecule has 0 bridgehead atoms. The van der Waals surface area contributed by atoms with Crippen LogP contribution in [0.1, 0.15) is 17.5 Å². The number of benzene rings is 2. The monoisotopic (exact) mass is 432 g/mol. The lowest BCUT2D eigenvalue weighted by molar-refractivity contribution is -0.385. The van der Waals surface area contributed by atoms with Gasteiger partial charge in [-0.15, -0.1) is 0 Å². The van der Waals surface area contributed by atoms with E-state index in [0.717, 1.165) is 32.7 Å². The van der Waals surface area contributed by atoms with Crippen LogP contribution in [0.25, 0.3) is 0 Å². The van der Waals surface area contributed by atoms with Crippen LogP contribution in [0, 0.1) is 24.0 Å². The minimum Gasteiger partial charge on any atom is -0.369 e. The third-order valence-corrected chi connectivity index (χ3v) is 7.03. The van der Waals surface area contributed by atoms with Crippen LogP contribution < -0.4 is 9.62 Å². The Morgan fingerprint density at radius 3 is 2.43 bits per heavy atom. The maximum atomic E-state index is 12.6. The van der Waals surface area contributed by atoms with Crippen LogP contribution in [-0.2, 0) is 10.0 Å². The molecule has 0 radical (unpaired) electrons. The molecule has 1 N–H and O–H groups in total. The van der Waals surface area contributed by atoms with Gasteiger partial charge in [0.2, 0.25) is 10.0 Å². The highest BCUT2D eigenvalue weighted by Crippen LogP contribution is 2.24. The van der Waals surface area contributed by atoms with Crippen molar-refractivity contribution in [1.29, 1.82) is 0 Å². The minimum atomic E-state index is -3.78. The number of nitrogens with zero attached hydrogens (tertiary/aromatic N) is 3. The van der Waals surface area contributed by atoms with Crippen LogP contribution >= 0.6 is 0 Å². The summed E-state index contributed by atoms with van der Waals surface area (Å²) in [7, 11) is -3.78. The Hall–Kier alpha value is -2.49. The Balaban J connectivity index is 1.46. The summed E-state index contributed by atoms with van der Waals surface area (Å²) in [6.07, 6.45) is 0.678. The van der Waals surface area contributed by atoms with E-state index < -0.39 is 14.9 Å². The van der Waals surface area contributed by atoms with Crippen molar-refractivity contribution in [3.05, 3.63) is 63.7 Å². The van der Waals surface area contributed by atoms with E-state index in [9.17, 15) is 18.5 Å². The number of piperazine rings is 1. The topological polar surface area (TPSA) is 95.8 Å². The predicted octanol–water partition coefficient (Wildman–Crippen LogP) is 2.70.